The molecule has 0 atom stereocenters. The maximum absolute atomic E-state index is 10.7. The van der Waals surface area contributed by atoms with E-state index in [2.05, 4.69) is 22.6 Å². The van der Waals surface area contributed by atoms with Crippen LogP contribution in [-0.2, 0) is 38.2 Å². The summed E-state index contributed by atoms with van der Waals surface area (Å²) in [5, 5.41) is 19.8. The first kappa shape index (κ1) is 33.5. The molecule has 144 valence electrons. The van der Waals surface area contributed by atoms with Gasteiger partial charge in [0.05, 0.1) is 0 Å². The zero-order chi connectivity index (χ0) is 20.5. The molecule has 10 nitrogen and oxygen atoms in total. The average Bonchev–Trinajstić information content (AvgIpc) is 2.54. The summed E-state index contributed by atoms with van der Waals surface area (Å²) in [6.07, 6.45) is 1.24. The van der Waals surface area contributed by atoms with Crippen molar-refractivity contribution < 1.29 is 86.2 Å². The van der Waals surface area contributed by atoms with Gasteiger partial charge in [-0.15, -0.1) is 0 Å². The summed E-state index contributed by atoms with van der Waals surface area (Å²) in [5.74, 6) is -5.65. The van der Waals surface area contributed by atoms with Gasteiger partial charge in [-0.2, -0.15) is 0 Å². The third kappa shape index (κ3) is 26.1. The van der Waals surface area contributed by atoms with E-state index >= 15 is 0 Å². The second-order valence-electron chi connectivity index (χ2n) is 4.45. The normalized spacial score (nSPS) is 8.29. The Morgan fingerprint density at radius 3 is 1.14 bits per heavy atom. The van der Waals surface area contributed by atoms with Gasteiger partial charge in [0.1, 0.15) is 0 Å². The van der Waals surface area contributed by atoms with Gasteiger partial charge in [-0.1, -0.05) is 13.2 Å². The number of aliphatic carboxylic acids is 2. The maximum Gasteiger partial charge on any atom is 1.00 e. The molecule has 0 radical (unpaired) electrons. The van der Waals surface area contributed by atoms with E-state index in [0.717, 1.165) is 12.2 Å². The van der Waals surface area contributed by atoms with Gasteiger partial charge in [-0.3, -0.25) is 9.59 Å². The van der Waals surface area contributed by atoms with Crippen LogP contribution in [0.2, 0.25) is 0 Å². The zero-order valence-electron chi connectivity index (χ0n) is 15.9. The summed E-state index contributed by atoms with van der Waals surface area (Å²) >= 11 is 0. The van der Waals surface area contributed by atoms with Crippen molar-refractivity contribution in [1.82, 2.24) is 0 Å². The fourth-order valence-corrected chi connectivity index (χ4v) is 1.16. The van der Waals surface area contributed by atoms with Crippen molar-refractivity contribution in [2.75, 3.05) is 0 Å². The van der Waals surface area contributed by atoms with E-state index in [-0.39, 0.29) is 76.2 Å². The van der Waals surface area contributed by atoms with E-state index in [0.29, 0.717) is 0 Å². The maximum atomic E-state index is 10.7. The minimum Gasteiger partial charge on any atom is -0.550 e. The van der Waals surface area contributed by atoms with Crippen molar-refractivity contribution in [3.05, 3.63) is 25.3 Å². The third-order valence-corrected chi connectivity index (χ3v) is 2.29. The molecule has 0 saturated carbocycles. The topological polar surface area (TPSA) is 167 Å². The Labute approximate surface area is 185 Å². The van der Waals surface area contributed by atoms with Crippen molar-refractivity contribution in [3.8, 4) is 0 Å². The number of ether oxygens (including phenoxy) is 2. The summed E-state index contributed by atoms with van der Waals surface area (Å²) in [6, 6.07) is 0. The molecule has 12 heteroatoms. The third-order valence-electron chi connectivity index (χ3n) is 2.29. The first-order valence-electron chi connectivity index (χ1n) is 7.26. The van der Waals surface area contributed by atoms with Crippen molar-refractivity contribution >= 4 is 35.8 Å². The molecule has 0 bridgehead atoms. The first-order valence-corrected chi connectivity index (χ1v) is 7.26. The van der Waals surface area contributed by atoms with Crippen LogP contribution >= 0.6 is 0 Å². The second-order valence-corrected chi connectivity index (χ2v) is 4.45. The van der Waals surface area contributed by atoms with Crippen LogP contribution in [0.4, 0.5) is 0 Å². The average molecular weight is 384 g/mol. The predicted octanol–water partition coefficient (Wildman–Crippen LogP) is -7.67. The van der Waals surface area contributed by atoms with Crippen LogP contribution in [0.25, 0.3) is 0 Å². The van der Waals surface area contributed by atoms with Gasteiger partial charge in [0.25, 0.3) is 0 Å². The molecule has 0 aliphatic carbocycles. The molecular weight excluding hydrogens is 366 g/mol. The molecule has 0 spiro atoms. The molecule has 0 saturated heterocycles. The number of carboxylic acids is 2. The minimum atomic E-state index is -1.23. The van der Waals surface area contributed by atoms with Crippen LogP contribution < -0.4 is 47.9 Å². The molecule has 0 unspecified atom stereocenters. The summed E-state index contributed by atoms with van der Waals surface area (Å²) in [6.45, 7) is 6.18. The van der Waals surface area contributed by atoms with E-state index < -0.39 is 35.8 Å². The van der Waals surface area contributed by atoms with Crippen LogP contribution in [0.15, 0.2) is 25.3 Å². The second kappa shape index (κ2) is 21.2. The molecule has 28 heavy (non-hydrogen) atoms. The molecule has 0 rings (SSSR count). The van der Waals surface area contributed by atoms with Crippen LogP contribution in [-0.4, -0.2) is 35.8 Å². The predicted molar refractivity (Wildman–Crippen MR) is 80.3 cm³/mol. The van der Waals surface area contributed by atoms with Crippen LogP contribution in [0, 0.1) is 0 Å². The molecule has 0 aromatic heterocycles. The van der Waals surface area contributed by atoms with Crippen molar-refractivity contribution in [3.63, 3.8) is 0 Å². The van der Waals surface area contributed by atoms with Crippen molar-refractivity contribution in [2.45, 2.75) is 38.5 Å². The van der Waals surface area contributed by atoms with Crippen LogP contribution in [0.3, 0.4) is 0 Å². The number of carboxylic acid groups (broad SMARTS) is 2. The van der Waals surface area contributed by atoms with Crippen LogP contribution in [0.1, 0.15) is 38.5 Å². The minimum absolute atomic E-state index is 0. The van der Waals surface area contributed by atoms with E-state index in [4.69, 9.17) is 0 Å². The molecule has 0 heterocycles. The summed E-state index contributed by atoms with van der Waals surface area (Å²) in [7, 11) is 0. The number of rotatable bonds is 10. The molecule has 0 N–H and O–H groups in total. The van der Waals surface area contributed by atoms with Gasteiger partial charge in [0.2, 0.25) is 0 Å². The number of esters is 4. The van der Waals surface area contributed by atoms with Gasteiger partial charge in [-0.25, -0.2) is 9.59 Å². The molecular formula is C16H18Li2O10. The van der Waals surface area contributed by atoms with Gasteiger partial charge in [-0.05, 0) is 25.7 Å². The fraction of sp³-hybridized carbons (Fsp3) is 0.375. The monoisotopic (exact) mass is 384 g/mol. The largest absolute Gasteiger partial charge is 1.00 e. The van der Waals surface area contributed by atoms with Crippen molar-refractivity contribution in [1.29, 1.82) is 0 Å². The van der Waals surface area contributed by atoms with Crippen LogP contribution in [0.5, 0.6) is 0 Å². The Balaban J connectivity index is -0.000000192. The fourth-order valence-electron chi connectivity index (χ4n) is 1.16. The van der Waals surface area contributed by atoms with Crippen molar-refractivity contribution in [2.24, 2.45) is 0 Å². The Bertz CT molecular complexity index is 522. The smallest absolute Gasteiger partial charge is 0.550 e. The van der Waals surface area contributed by atoms with Gasteiger partial charge >= 0.3 is 61.6 Å². The molecule has 0 amide bonds. The number of hydrogen-bond acceptors (Lipinski definition) is 10. The Hall–Kier alpha value is -2.11. The summed E-state index contributed by atoms with van der Waals surface area (Å²) in [4.78, 5) is 62.1. The Morgan fingerprint density at radius 2 is 0.929 bits per heavy atom. The van der Waals surface area contributed by atoms with Gasteiger partial charge in [0, 0.05) is 36.9 Å². The first-order chi connectivity index (χ1) is 12.1. The van der Waals surface area contributed by atoms with Gasteiger partial charge in [0.15, 0.2) is 0 Å². The molecule has 0 aromatic rings. The molecule has 0 aliphatic rings. The number of hydrogen-bond donors (Lipinski definition) is 0. The SMILES string of the molecule is C=CC(=O)OC(=O)CCCC(=O)[O-].C=CC(=O)OC(=O)CCCC(=O)[O-].[Li+].[Li+]. The standard InChI is InChI=1S/2C8H10O5.2Li/c2*1-2-7(11)13-8(12)5-3-4-6(9)10;;/h2*2H,1,3-5H2,(H,9,10);;/q;;2*+1/p-2. The summed E-state index contributed by atoms with van der Waals surface area (Å²) < 4.78 is 8.34. The van der Waals surface area contributed by atoms with E-state index in [9.17, 15) is 39.0 Å². The summed E-state index contributed by atoms with van der Waals surface area (Å²) in [5.41, 5.74) is 0. The van der Waals surface area contributed by atoms with Gasteiger partial charge < -0.3 is 29.3 Å². The van der Waals surface area contributed by atoms with E-state index in [1.165, 1.54) is 0 Å². The molecule has 0 fully saturated rings. The van der Waals surface area contributed by atoms with E-state index in [1.807, 2.05) is 0 Å². The molecule has 0 aliphatic heterocycles. The van der Waals surface area contributed by atoms with E-state index in [1.54, 1.807) is 0 Å². The molecule has 0 aromatic carbocycles. The number of carbonyl (C=O) groups excluding carboxylic acids is 6. The Morgan fingerprint density at radius 1 is 0.643 bits per heavy atom. The quantitative estimate of drug-likeness (QED) is 0.153. The Kier molecular flexibility index (Phi) is 25.3. The zero-order valence-corrected chi connectivity index (χ0v) is 15.9. The number of carbonyl (C=O) groups is 6.